The molecule has 4 rings (SSSR count). The van der Waals surface area contributed by atoms with Crippen LogP contribution >= 0.6 is 11.6 Å². The summed E-state index contributed by atoms with van der Waals surface area (Å²) in [7, 11) is 5.25. The lowest BCUT2D eigenvalue weighted by molar-refractivity contribution is 0.133. The van der Waals surface area contributed by atoms with E-state index in [9.17, 15) is 5.26 Å². The van der Waals surface area contributed by atoms with Crippen molar-refractivity contribution in [3.8, 4) is 23.4 Å². The SMILES string of the molecule is COc1ccc(Cl)c(Nc2c(C#N)cnc3cc(OCCN4CCN(C)CC4)c(OC)cc23)n1. The number of benzene rings is 1. The van der Waals surface area contributed by atoms with Crippen LogP contribution in [0.1, 0.15) is 5.56 Å². The van der Waals surface area contributed by atoms with Crippen molar-refractivity contribution < 1.29 is 14.2 Å². The number of methoxy groups -OCH3 is 2. The smallest absolute Gasteiger partial charge is 0.214 e. The maximum absolute atomic E-state index is 9.69. The molecule has 3 aromatic rings. The van der Waals surface area contributed by atoms with Crippen molar-refractivity contribution in [2.45, 2.75) is 0 Å². The zero-order valence-corrected chi connectivity index (χ0v) is 20.2. The van der Waals surface area contributed by atoms with E-state index in [2.05, 4.69) is 38.2 Å². The predicted octanol–water partition coefficient (Wildman–Crippen LogP) is 3.54. The second-order valence-corrected chi connectivity index (χ2v) is 8.39. The number of halogens is 1. The summed E-state index contributed by atoms with van der Waals surface area (Å²) in [5, 5.41) is 13.9. The maximum atomic E-state index is 9.69. The van der Waals surface area contributed by atoms with Crippen molar-refractivity contribution in [2.24, 2.45) is 0 Å². The molecule has 0 amide bonds. The average Bonchev–Trinajstić information content (AvgIpc) is 2.86. The fraction of sp³-hybridized carbons (Fsp3) is 0.375. The third kappa shape index (κ3) is 5.25. The van der Waals surface area contributed by atoms with Crippen LogP contribution in [-0.2, 0) is 0 Å². The van der Waals surface area contributed by atoms with E-state index in [0.29, 0.717) is 57.0 Å². The monoisotopic (exact) mass is 482 g/mol. The molecule has 1 aliphatic rings. The van der Waals surface area contributed by atoms with Crippen LogP contribution < -0.4 is 19.5 Å². The fourth-order valence-corrected chi connectivity index (χ4v) is 3.94. The first-order valence-corrected chi connectivity index (χ1v) is 11.3. The number of nitrogens with zero attached hydrogens (tertiary/aromatic N) is 5. The van der Waals surface area contributed by atoms with Gasteiger partial charge in [0, 0.05) is 56.4 Å². The molecule has 1 saturated heterocycles. The van der Waals surface area contributed by atoms with Gasteiger partial charge in [0.15, 0.2) is 17.3 Å². The van der Waals surface area contributed by atoms with E-state index in [4.69, 9.17) is 25.8 Å². The van der Waals surface area contributed by atoms with Gasteiger partial charge in [-0.1, -0.05) is 11.6 Å². The number of anilines is 2. The highest BCUT2D eigenvalue weighted by Crippen LogP contribution is 2.38. The lowest BCUT2D eigenvalue weighted by atomic mass is 10.1. The first-order chi connectivity index (χ1) is 16.5. The molecule has 2 aromatic heterocycles. The van der Waals surface area contributed by atoms with E-state index in [1.54, 1.807) is 19.2 Å². The van der Waals surface area contributed by atoms with E-state index in [0.717, 1.165) is 32.7 Å². The largest absolute Gasteiger partial charge is 0.493 e. The van der Waals surface area contributed by atoms with Gasteiger partial charge in [-0.15, -0.1) is 0 Å². The normalized spacial score (nSPS) is 14.6. The van der Waals surface area contributed by atoms with Crippen molar-refractivity contribution in [3.63, 3.8) is 0 Å². The van der Waals surface area contributed by atoms with Crippen LogP contribution in [0.5, 0.6) is 17.4 Å². The second-order valence-electron chi connectivity index (χ2n) is 7.98. The topological polar surface area (TPSA) is 95.8 Å². The summed E-state index contributed by atoms with van der Waals surface area (Å²) in [6.07, 6.45) is 1.51. The molecular weight excluding hydrogens is 456 g/mol. The summed E-state index contributed by atoms with van der Waals surface area (Å²) in [6.45, 7) is 5.56. The number of hydrogen-bond donors (Lipinski definition) is 1. The van der Waals surface area contributed by atoms with Crippen LogP contribution in [0.2, 0.25) is 5.02 Å². The van der Waals surface area contributed by atoms with Crippen molar-refractivity contribution in [1.82, 2.24) is 19.8 Å². The number of piperazine rings is 1. The molecule has 0 atom stereocenters. The zero-order chi connectivity index (χ0) is 24.1. The molecule has 0 radical (unpaired) electrons. The van der Waals surface area contributed by atoms with Gasteiger partial charge in [-0.3, -0.25) is 9.88 Å². The van der Waals surface area contributed by atoms with Gasteiger partial charge in [0.1, 0.15) is 12.7 Å². The molecule has 3 heterocycles. The summed E-state index contributed by atoms with van der Waals surface area (Å²) in [6, 6.07) is 9.15. The van der Waals surface area contributed by atoms with Crippen LogP contribution in [0, 0.1) is 11.3 Å². The third-order valence-corrected chi connectivity index (χ3v) is 6.11. The summed E-state index contributed by atoms with van der Waals surface area (Å²) in [5.74, 6) is 1.93. The summed E-state index contributed by atoms with van der Waals surface area (Å²) >= 11 is 6.33. The Morgan fingerprint density at radius 2 is 1.91 bits per heavy atom. The Morgan fingerprint density at radius 3 is 2.62 bits per heavy atom. The molecule has 0 saturated carbocycles. The van der Waals surface area contributed by atoms with E-state index in [1.807, 2.05) is 12.1 Å². The molecule has 10 heteroatoms. The molecular formula is C24H27ClN6O3. The fourth-order valence-electron chi connectivity index (χ4n) is 3.79. The first-order valence-electron chi connectivity index (χ1n) is 10.9. The molecule has 1 N–H and O–H groups in total. The second kappa shape index (κ2) is 10.7. The van der Waals surface area contributed by atoms with Gasteiger partial charge in [-0.05, 0) is 19.2 Å². The summed E-state index contributed by atoms with van der Waals surface area (Å²) < 4.78 is 16.9. The summed E-state index contributed by atoms with van der Waals surface area (Å²) in [5.41, 5.74) is 1.52. The Morgan fingerprint density at radius 1 is 1.12 bits per heavy atom. The molecule has 0 unspecified atom stereocenters. The quantitative estimate of drug-likeness (QED) is 0.517. The third-order valence-electron chi connectivity index (χ3n) is 5.81. The van der Waals surface area contributed by atoms with E-state index in [1.165, 1.54) is 13.3 Å². The van der Waals surface area contributed by atoms with Crippen LogP contribution in [0.4, 0.5) is 11.5 Å². The molecule has 0 spiro atoms. The Kier molecular flexibility index (Phi) is 7.53. The van der Waals surface area contributed by atoms with Gasteiger partial charge < -0.3 is 24.4 Å². The average molecular weight is 483 g/mol. The number of nitrogens with one attached hydrogen (secondary N) is 1. The van der Waals surface area contributed by atoms with Crippen LogP contribution in [0.25, 0.3) is 10.9 Å². The Balaban J connectivity index is 1.62. The Hall–Kier alpha value is -3.32. The summed E-state index contributed by atoms with van der Waals surface area (Å²) in [4.78, 5) is 13.5. The number of fused-ring (bicyclic) bond motifs is 1. The number of ether oxygens (including phenoxy) is 3. The van der Waals surface area contributed by atoms with Crippen LogP contribution in [0.15, 0.2) is 30.5 Å². The number of nitriles is 1. The molecule has 0 aliphatic carbocycles. The van der Waals surface area contributed by atoms with E-state index in [-0.39, 0.29) is 0 Å². The standard InChI is InChI=1S/C24H27ClN6O3/c1-30-6-8-31(9-7-30)10-11-34-21-13-19-17(12-20(21)32-2)23(16(14-26)15-27-19)29-24-18(25)4-5-22(28-24)33-3/h4-5,12-13,15H,6-11H2,1-3H3,(H,27,28,29). The van der Waals surface area contributed by atoms with Gasteiger partial charge in [-0.25, -0.2) is 0 Å². The number of rotatable bonds is 8. The van der Waals surface area contributed by atoms with Gasteiger partial charge in [0.2, 0.25) is 5.88 Å². The highest BCUT2D eigenvalue weighted by atomic mass is 35.5. The highest BCUT2D eigenvalue weighted by Gasteiger charge is 2.17. The number of pyridine rings is 2. The van der Waals surface area contributed by atoms with Gasteiger partial charge in [0.25, 0.3) is 0 Å². The van der Waals surface area contributed by atoms with Gasteiger partial charge in [0.05, 0.1) is 36.0 Å². The van der Waals surface area contributed by atoms with Crippen LogP contribution in [-0.4, -0.2) is 80.4 Å². The Bertz CT molecular complexity index is 1210. The minimum absolute atomic E-state index is 0.346. The minimum atomic E-state index is 0.346. The van der Waals surface area contributed by atoms with Crippen molar-refractivity contribution in [3.05, 3.63) is 41.0 Å². The predicted molar refractivity (Wildman–Crippen MR) is 132 cm³/mol. The maximum Gasteiger partial charge on any atom is 0.214 e. The zero-order valence-electron chi connectivity index (χ0n) is 19.5. The molecule has 1 aromatic carbocycles. The van der Waals surface area contributed by atoms with Gasteiger partial charge in [-0.2, -0.15) is 10.2 Å². The molecule has 9 nitrogen and oxygen atoms in total. The minimum Gasteiger partial charge on any atom is -0.493 e. The number of aromatic nitrogens is 2. The molecule has 34 heavy (non-hydrogen) atoms. The molecule has 1 aliphatic heterocycles. The van der Waals surface area contributed by atoms with Crippen molar-refractivity contribution >= 4 is 34.0 Å². The van der Waals surface area contributed by atoms with Gasteiger partial charge >= 0.3 is 0 Å². The molecule has 0 bridgehead atoms. The Labute approximate surface area is 203 Å². The lowest BCUT2D eigenvalue weighted by Crippen LogP contribution is -2.45. The number of likely N-dealkylation sites (N-methyl/N-ethyl adjacent to an activating group) is 1. The molecule has 178 valence electrons. The van der Waals surface area contributed by atoms with Crippen molar-refractivity contribution in [2.75, 3.05) is 65.9 Å². The first kappa shape index (κ1) is 23.8. The molecule has 1 fully saturated rings. The van der Waals surface area contributed by atoms with E-state index < -0.39 is 0 Å². The number of hydrogen-bond acceptors (Lipinski definition) is 9. The van der Waals surface area contributed by atoms with E-state index >= 15 is 0 Å². The lowest BCUT2D eigenvalue weighted by Gasteiger charge is -2.32. The van der Waals surface area contributed by atoms with Crippen molar-refractivity contribution in [1.29, 1.82) is 5.26 Å². The van der Waals surface area contributed by atoms with Crippen LogP contribution in [0.3, 0.4) is 0 Å². The highest BCUT2D eigenvalue weighted by molar-refractivity contribution is 6.33.